The van der Waals surface area contributed by atoms with Gasteiger partial charge in [-0.2, -0.15) is 0 Å². The Balaban J connectivity index is 1.49. The summed E-state index contributed by atoms with van der Waals surface area (Å²) in [6.07, 6.45) is 4.86. The Bertz CT molecular complexity index is 1030. The van der Waals surface area contributed by atoms with Gasteiger partial charge in [0.25, 0.3) is 5.91 Å². The zero-order valence-electron chi connectivity index (χ0n) is 13.7. The van der Waals surface area contributed by atoms with Crippen molar-refractivity contribution in [3.63, 3.8) is 0 Å². The maximum Gasteiger partial charge on any atom is 0.251 e. The predicted molar refractivity (Wildman–Crippen MR) is 103 cm³/mol. The van der Waals surface area contributed by atoms with Gasteiger partial charge < -0.3 is 10.6 Å². The SMILES string of the molecule is O=C(NCc1ccccc1)c1ccc2nc(Nc3cnccn3)sc2c1. The van der Waals surface area contributed by atoms with Crippen molar-refractivity contribution in [2.24, 2.45) is 0 Å². The lowest BCUT2D eigenvalue weighted by atomic mass is 10.2. The highest BCUT2D eigenvalue weighted by Crippen LogP contribution is 2.28. The van der Waals surface area contributed by atoms with E-state index in [-0.39, 0.29) is 5.91 Å². The summed E-state index contributed by atoms with van der Waals surface area (Å²) in [5.74, 6) is 0.528. The number of anilines is 2. The smallest absolute Gasteiger partial charge is 0.251 e. The van der Waals surface area contributed by atoms with Gasteiger partial charge in [-0.15, -0.1) is 0 Å². The number of benzene rings is 2. The van der Waals surface area contributed by atoms with Gasteiger partial charge in [0.15, 0.2) is 10.9 Å². The average molecular weight is 361 g/mol. The fourth-order valence-electron chi connectivity index (χ4n) is 2.47. The Labute approximate surface area is 154 Å². The van der Waals surface area contributed by atoms with E-state index in [9.17, 15) is 4.79 Å². The highest BCUT2D eigenvalue weighted by atomic mass is 32.1. The number of aromatic nitrogens is 3. The Morgan fingerprint density at radius 1 is 1.08 bits per heavy atom. The maximum absolute atomic E-state index is 12.4. The summed E-state index contributed by atoms with van der Waals surface area (Å²) in [6, 6.07) is 15.3. The normalized spacial score (nSPS) is 10.6. The summed E-state index contributed by atoms with van der Waals surface area (Å²) in [7, 11) is 0. The molecule has 2 N–H and O–H groups in total. The zero-order chi connectivity index (χ0) is 17.8. The number of hydrogen-bond acceptors (Lipinski definition) is 6. The molecule has 1 amide bonds. The molecule has 0 fully saturated rings. The molecule has 6 nitrogen and oxygen atoms in total. The topological polar surface area (TPSA) is 79.8 Å². The van der Waals surface area contributed by atoms with Gasteiger partial charge in [0.05, 0.1) is 16.4 Å². The van der Waals surface area contributed by atoms with Crippen LogP contribution < -0.4 is 10.6 Å². The minimum Gasteiger partial charge on any atom is -0.348 e. The van der Waals surface area contributed by atoms with E-state index in [1.165, 1.54) is 11.3 Å². The molecule has 0 aliphatic rings. The van der Waals surface area contributed by atoms with Crippen molar-refractivity contribution in [2.75, 3.05) is 5.32 Å². The monoisotopic (exact) mass is 361 g/mol. The molecule has 2 aromatic carbocycles. The largest absolute Gasteiger partial charge is 0.348 e. The van der Waals surface area contributed by atoms with Gasteiger partial charge >= 0.3 is 0 Å². The molecule has 128 valence electrons. The van der Waals surface area contributed by atoms with Crippen LogP contribution in [0.25, 0.3) is 10.2 Å². The number of hydrogen-bond donors (Lipinski definition) is 2. The predicted octanol–water partition coefficient (Wildman–Crippen LogP) is 3.76. The van der Waals surface area contributed by atoms with E-state index in [1.807, 2.05) is 42.5 Å². The van der Waals surface area contributed by atoms with Crippen molar-refractivity contribution in [2.45, 2.75) is 6.54 Å². The molecule has 2 aromatic heterocycles. The number of rotatable bonds is 5. The standard InChI is InChI=1S/C19H15N5OS/c25-18(22-11-13-4-2-1-3-5-13)14-6-7-15-16(10-14)26-19(23-15)24-17-12-20-8-9-21-17/h1-10,12H,11H2,(H,22,25)(H,21,23,24). The summed E-state index contributed by atoms with van der Waals surface area (Å²) in [6.45, 7) is 0.500. The van der Waals surface area contributed by atoms with Crippen LogP contribution in [-0.4, -0.2) is 20.9 Å². The lowest BCUT2D eigenvalue weighted by Crippen LogP contribution is -2.22. The molecule has 4 rings (SSSR count). The molecule has 26 heavy (non-hydrogen) atoms. The summed E-state index contributed by atoms with van der Waals surface area (Å²) in [4.78, 5) is 25.1. The summed E-state index contributed by atoms with van der Waals surface area (Å²) >= 11 is 1.47. The number of carbonyl (C=O) groups is 1. The Hall–Kier alpha value is -3.32. The first-order valence-corrected chi connectivity index (χ1v) is 8.85. The molecule has 0 saturated heterocycles. The third kappa shape index (κ3) is 3.68. The third-order valence-corrected chi connectivity index (χ3v) is 4.68. The van der Waals surface area contributed by atoms with E-state index in [0.717, 1.165) is 15.8 Å². The highest BCUT2D eigenvalue weighted by molar-refractivity contribution is 7.22. The lowest BCUT2D eigenvalue weighted by molar-refractivity contribution is 0.0951. The first-order chi connectivity index (χ1) is 12.8. The van der Waals surface area contributed by atoms with Gasteiger partial charge in [0.2, 0.25) is 0 Å². The molecule has 0 radical (unpaired) electrons. The van der Waals surface area contributed by atoms with Crippen molar-refractivity contribution in [3.05, 3.63) is 78.2 Å². The van der Waals surface area contributed by atoms with Crippen LogP contribution in [0.3, 0.4) is 0 Å². The summed E-state index contributed by atoms with van der Waals surface area (Å²) < 4.78 is 0.934. The van der Waals surface area contributed by atoms with Gasteiger partial charge in [0.1, 0.15) is 0 Å². The molecule has 0 bridgehead atoms. The number of amides is 1. The minimum atomic E-state index is -0.104. The number of carbonyl (C=O) groups excluding carboxylic acids is 1. The van der Waals surface area contributed by atoms with E-state index < -0.39 is 0 Å². The van der Waals surface area contributed by atoms with E-state index >= 15 is 0 Å². The van der Waals surface area contributed by atoms with Crippen molar-refractivity contribution in [1.29, 1.82) is 0 Å². The van der Waals surface area contributed by atoms with Gasteiger partial charge in [-0.3, -0.25) is 9.78 Å². The number of nitrogens with one attached hydrogen (secondary N) is 2. The molecule has 0 atom stereocenters. The molecule has 0 spiro atoms. The number of fused-ring (bicyclic) bond motifs is 1. The Morgan fingerprint density at radius 3 is 2.77 bits per heavy atom. The molecular weight excluding hydrogens is 346 g/mol. The van der Waals surface area contributed by atoms with E-state index in [0.29, 0.717) is 23.1 Å². The van der Waals surface area contributed by atoms with E-state index in [2.05, 4.69) is 25.6 Å². The molecule has 0 aliphatic carbocycles. The fourth-order valence-corrected chi connectivity index (χ4v) is 3.38. The first-order valence-electron chi connectivity index (χ1n) is 8.04. The van der Waals surface area contributed by atoms with Crippen LogP contribution >= 0.6 is 11.3 Å². The molecule has 7 heteroatoms. The molecule has 4 aromatic rings. The van der Waals surface area contributed by atoms with Crippen LogP contribution in [0.2, 0.25) is 0 Å². The summed E-state index contributed by atoms with van der Waals surface area (Å²) in [5.41, 5.74) is 2.51. The molecular formula is C19H15N5OS. The van der Waals surface area contributed by atoms with Crippen LogP contribution in [0.1, 0.15) is 15.9 Å². The van der Waals surface area contributed by atoms with Crippen LogP contribution in [0.4, 0.5) is 10.9 Å². The lowest BCUT2D eigenvalue weighted by Gasteiger charge is -2.05. The van der Waals surface area contributed by atoms with Gasteiger partial charge in [-0.25, -0.2) is 9.97 Å². The molecule has 0 saturated carbocycles. The highest BCUT2D eigenvalue weighted by Gasteiger charge is 2.10. The zero-order valence-corrected chi connectivity index (χ0v) is 14.5. The second kappa shape index (κ2) is 7.28. The van der Waals surface area contributed by atoms with Crippen molar-refractivity contribution < 1.29 is 4.79 Å². The van der Waals surface area contributed by atoms with Gasteiger partial charge in [-0.1, -0.05) is 41.7 Å². The maximum atomic E-state index is 12.4. The summed E-state index contributed by atoms with van der Waals surface area (Å²) in [5, 5.41) is 6.77. The van der Waals surface area contributed by atoms with E-state index in [1.54, 1.807) is 24.7 Å². The number of nitrogens with zero attached hydrogens (tertiary/aromatic N) is 3. The first kappa shape index (κ1) is 16.2. The van der Waals surface area contributed by atoms with Crippen LogP contribution in [-0.2, 0) is 6.54 Å². The van der Waals surface area contributed by atoms with Gasteiger partial charge in [0, 0.05) is 24.5 Å². The van der Waals surface area contributed by atoms with E-state index in [4.69, 9.17) is 0 Å². The van der Waals surface area contributed by atoms with Crippen LogP contribution in [0.5, 0.6) is 0 Å². The third-order valence-electron chi connectivity index (χ3n) is 3.74. The fraction of sp³-hybridized carbons (Fsp3) is 0.0526. The van der Waals surface area contributed by atoms with Crippen molar-refractivity contribution in [1.82, 2.24) is 20.3 Å². The average Bonchev–Trinajstić information content (AvgIpc) is 3.09. The minimum absolute atomic E-state index is 0.104. The van der Waals surface area contributed by atoms with Gasteiger partial charge in [-0.05, 0) is 23.8 Å². The van der Waals surface area contributed by atoms with Crippen LogP contribution in [0, 0.1) is 0 Å². The molecule has 2 heterocycles. The number of thiazole rings is 1. The second-order valence-corrected chi connectivity index (χ2v) is 6.62. The van der Waals surface area contributed by atoms with Crippen molar-refractivity contribution >= 4 is 38.4 Å². The molecule has 0 aliphatic heterocycles. The Kier molecular flexibility index (Phi) is 4.53. The van der Waals surface area contributed by atoms with Crippen molar-refractivity contribution in [3.8, 4) is 0 Å². The Morgan fingerprint density at radius 2 is 1.96 bits per heavy atom. The second-order valence-electron chi connectivity index (χ2n) is 5.59. The molecule has 0 unspecified atom stereocenters. The quantitative estimate of drug-likeness (QED) is 0.566. The van der Waals surface area contributed by atoms with Crippen LogP contribution in [0.15, 0.2) is 67.1 Å².